The predicted molar refractivity (Wildman–Crippen MR) is 58.8 cm³/mol. The first kappa shape index (κ1) is 10.3. The Labute approximate surface area is 92.5 Å². The molecule has 0 aliphatic carbocycles. The summed E-state index contributed by atoms with van der Waals surface area (Å²) in [4.78, 5) is 14.5. The lowest BCUT2D eigenvalue weighted by atomic mass is 10.2. The van der Waals surface area contributed by atoms with Crippen LogP contribution in [-0.4, -0.2) is 11.0 Å². The van der Waals surface area contributed by atoms with Crippen molar-refractivity contribution >= 4 is 17.8 Å². The average Bonchev–Trinajstić information content (AvgIpc) is 2.47. The maximum absolute atomic E-state index is 9.99. The van der Waals surface area contributed by atoms with Gasteiger partial charge in [0, 0.05) is 0 Å². The summed E-state index contributed by atoms with van der Waals surface area (Å²) < 4.78 is 5.74. The monoisotopic (exact) mass is 221 g/mol. The van der Waals surface area contributed by atoms with E-state index in [1.165, 1.54) is 6.08 Å². The predicted octanol–water partition coefficient (Wildman–Crippen LogP) is 2.74. The number of hydrogen-bond acceptors (Lipinski definition) is 4. The molecule has 0 N–H and O–H groups in total. The highest BCUT2D eigenvalue weighted by Crippen LogP contribution is 2.47. The summed E-state index contributed by atoms with van der Waals surface area (Å²) in [6.07, 6.45) is 1.53. The second-order valence-corrected chi connectivity index (χ2v) is 5.42. The van der Waals surface area contributed by atoms with Crippen molar-refractivity contribution in [2.45, 2.75) is 30.2 Å². The highest BCUT2D eigenvalue weighted by atomic mass is 32.2. The van der Waals surface area contributed by atoms with Gasteiger partial charge in [0.05, 0.1) is 11.4 Å². The Bertz CT molecular complexity index is 436. The molecule has 0 atom stereocenters. The molecule has 1 aliphatic heterocycles. The molecule has 15 heavy (non-hydrogen) atoms. The molecular formula is C11H11NO2S. The van der Waals surface area contributed by atoms with E-state index in [9.17, 15) is 4.79 Å². The number of aliphatic imine (C=N–C) groups is 1. The number of isocyanates is 1. The second-order valence-electron chi connectivity index (χ2n) is 3.79. The zero-order valence-corrected chi connectivity index (χ0v) is 9.43. The van der Waals surface area contributed by atoms with Crippen molar-refractivity contribution in [2.75, 3.05) is 0 Å². The van der Waals surface area contributed by atoms with Gasteiger partial charge < -0.3 is 4.74 Å². The van der Waals surface area contributed by atoms with E-state index in [2.05, 4.69) is 4.99 Å². The Morgan fingerprint density at radius 3 is 3.07 bits per heavy atom. The van der Waals surface area contributed by atoms with Crippen LogP contribution < -0.4 is 4.74 Å². The van der Waals surface area contributed by atoms with Gasteiger partial charge in [0.1, 0.15) is 5.75 Å². The third kappa shape index (κ3) is 2.22. The maximum Gasteiger partial charge on any atom is 0.235 e. The van der Waals surface area contributed by atoms with Crippen molar-refractivity contribution in [1.29, 1.82) is 0 Å². The SMILES string of the molecule is CC1(C)Oc2cc(CN=C=O)ccc2S1. The molecule has 0 spiro atoms. The van der Waals surface area contributed by atoms with Gasteiger partial charge in [0.15, 0.2) is 4.93 Å². The van der Waals surface area contributed by atoms with Gasteiger partial charge in [-0.25, -0.2) is 9.79 Å². The van der Waals surface area contributed by atoms with Crippen molar-refractivity contribution in [2.24, 2.45) is 4.99 Å². The summed E-state index contributed by atoms with van der Waals surface area (Å²) in [5.74, 6) is 0.878. The third-order valence-electron chi connectivity index (χ3n) is 2.05. The summed E-state index contributed by atoms with van der Waals surface area (Å²) in [5, 5.41) is 0. The molecule has 0 unspecified atom stereocenters. The smallest absolute Gasteiger partial charge is 0.235 e. The van der Waals surface area contributed by atoms with Crippen LogP contribution >= 0.6 is 11.8 Å². The molecule has 1 aliphatic rings. The second kappa shape index (κ2) is 3.72. The molecule has 0 saturated heterocycles. The third-order valence-corrected chi connectivity index (χ3v) is 3.18. The Kier molecular flexibility index (Phi) is 2.55. The first-order valence-corrected chi connectivity index (χ1v) is 5.47. The quantitative estimate of drug-likeness (QED) is 0.569. The van der Waals surface area contributed by atoms with E-state index in [0.29, 0.717) is 6.54 Å². The lowest BCUT2D eigenvalue weighted by Crippen LogP contribution is -2.18. The van der Waals surface area contributed by atoms with Crippen molar-refractivity contribution in [3.8, 4) is 5.75 Å². The van der Waals surface area contributed by atoms with Gasteiger partial charge >= 0.3 is 0 Å². The summed E-state index contributed by atoms with van der Waals surface area (Å²) in [5.41, 5.74) is 0.968. The summed E-state index contributed by atoms with van der Waals surface area (Å²) in [6.45, 7) is 4.42. The van der Waals surface area contributed by atoms with Gasteiger partial charge in [-0.3, -0.25) is 0 Å². The van der Waals surface area contributed by atoms with Gasteiger partial charge in [-0.15, -0.1) is 0 Å². The number of thioether (sulfide) groups is 1. The molecular weight excluding hydrogens is 210 g/mol. The molecule has 78 valence electrons. The van der Waals surface area contributed by atoms with Crippen LogP contribution in [0.4, 0.5) is 0 Å². The molecule has 1 aromatic carbocycles. The Morgan fingerprint density at radius 2 is 2.33 bits per heavy atom. The molecule has 0 saturated carbocycles. The van der Waals surface area contributed by atoms with Crippen molar-refractivity contribution < 1.29 is 9.53 Å². The topological polar surface area (TPSA) is 38.7 Å². The van der Waals surface area contributed by atoms with Crippen LogP contribution in [-0.2, 0) is 11.3 Å². The Hall–Kier alpha value is -1.25. The van der Waals surface area contributed by atoms with Crippen molar-refractivity contribution in [1.82, 2.24) is 0 Å². The number of rotatable bonds is 2. The lowest BCUT2D eigenvalue weighted by molar-refractivity contribution is 0.215. The lowest BCUT2D eigenvalue weighted by Gasteiger charge is -2.15. The molecule has 0 radical (unpaired) electrons. The van der Waals surface area contributed by atoms with Crippen LogP contribution in [0, 0.1) is 0 Å². The zero-order valence-electron chi connectivity index (χ0n) is 8.61. The van der Waals surface area contributed by atoms with Crippen LogP contribution in [0.1, 0.15) is 19.4 Å². The van der Waals surface area contributed by atoms with E-state index in [-0.39, 0.29) is 4.93 Å². The van der Waals surface area contributed by atoms with E-state index >= 15 is 0 Å². The summed E-state index contributed by atoms with van der Waals surface area (Å²) in [7, 11) is 0. The Balaban J connectivity index is 2.26. The normalized spacial score (nSPS) is 16.4. The number of hydrogen-bond donors (Lipinski definition) is 0. The molecule has 0 aromatic heterocycles. The molecule has 3 nitrogen and oxygen atoms in total. The zero-order chi connectivity index (χ0) is 10.9. The van der Waals surface area contributed by atoms with Crippen molar-refractivity contribution in [3.63, 3.8) is 0 Å². The highest BCUT2D eigenvalue weighted by molar-refractivity contribution is 8.00. The maximum atomic E-state index is 9.99. The van der Waals surface area contributed by atoms with Crippen LogP contribution in [0.5, 0.6) is 5.75 Å². The summed E-state index contributed by atoms with van der Waals surface area (Å²) >= 11 is 1.70. The van der Waals surface area contributed by atoms with Crippen LogP contribution in [0.3, 0.4) is 0 Å². The molecule has 4 heteroatoms. The van der Waals surface area contributed by atoms with Crippen LogP contribution in [0.25, 0.3) is 0 Å². The fourth-order valence-corrected chi connectivity index (χ4v) is 2.49. The molecule has 1 aromatic rings. The molecule has 0 amide bonds. The number of carbonyl (C=O) groups excluding carboxylic acids is 1. The fourth-order valence-electron chi connectivity index (χ4n) is 1.49. The number of fused-ring (bicyclic) bond motifs is 1. The standard InChI is InChI=1S/C11H11NO2S/c1-11(2)14-9-5-8(6-12-7-13)3-4-10(9)15-11/h3-5H,6H2,1-2H3. The van der Waals surface area contributed by atoms with Gasteiger partial charge in [0.25, 0.3) is 0 Å². The highest BCUT2D eigenvalue weighted by Gasteiger charge is 2.30. The average molecular weight is 221 g/mol. The number of ether oxygens (including phenoxy) is 1. The molecule has 2 rings (SSSR count). The Morgan fingerprint density at radius 1 is 1.53 bits per heavy atom. The van der Waals surface area contributed by atoms with Gasteiger partial charge in [-0.05, 0) is 31.5 Å². The van der Waals surface area contributed by atoms with E-state index in [0.717, 1.165) is 16.2 Å². The van der Waals surface area contributed by atoms with Gasteiger partial charge in [-0.2, -0.15) is 0 Å². The van der Waals surface area contributed by atoms with Crippen LogP contribution in [0.15, 0.2) is 28.1 Å². The largest absolute Gasteiger partial charge is 0.476 e. The molecule has 0 bridgehead atoms. The minimum atomic E-state index is -0.200. The van der Waals surface area contributed by atoms with E-state index in [4.69, 9.17) is 4.74 Å². The molecule has 0 fully saturated rings. The molecule has 1 heterocycles. The first-order valence-electron chi connectivity index (χ1n) is 4.65. The first-order chi connectivity index (χ1) is 7.11. The number of benzene rings is 1. The van der Waals surface area contributed by atoms with E-state index in [1.54, 1.807) is 11.8 Å². The number of nitrogens with zero attached hydrogens (tertiary/aromatic N) is 1. The van der Waals surface area contributed by atoms with Gasteiger partial charge in [0.2, 0.25) is 6.08 Å². The van der Waals surface area contributed by atoms with Crippen LogP contribution in [0.2, 0.25) is 0 Å². The fraction of sp³-hybridized carbons (Fsp3) is 0.364. The minimum Gasteiger partial charge on any atom is -0.476 e. The van der Waals surface area contributed by atoms with Gasteiger partial charge in [-0.1, -0.05) is 17.8 Å². The minimum absolute atomic E-state index is 0.200. The van der Waals surface area contributed by atoms with E-state index in [1.807, 2.05) is 32.0 Å². The summed E-state index contributed by atoms with van der Waals surface area (Å²) in [6, 6.07) is 5.89. The van der Waals surface area contributed by atoms with E-state index < -0.39 is 0 Å². The van der Waals surface area contributed by atoms with Crippen molar-refractivity contribution in [3.05, 3.63) is 23.8 Å².